The van der Waals surface area contributed by atoms with E-state index >= 15 is 0 Å². The molecule has 0 bridgehead atoms. The molecule has 0 spiro atoms. The van der Waals surface area contributed by atoms with Crippen LogP contribution in [-0.2, 0) is 14.6 Å². The van der Waals surface area contributed by atoms with E-state index in [4.69, 9.17) is 10.8 Å². The molecule has 1 rings (SSSR count). The summed E-state index contributed by atoms with van der Waals surface area (Å²) in [6, 6.07) is 0. The van der Waals surface area contributed by atoms with Crippen LogP contribution >= 0.6 is 0 Å². The minimum atomic E-state index is -3.25. The van der Waals surface area contributed by atoms with Crippen LogP contribution in [0.1, 0.15) is 6.42 Å². The fraction of sp³-hybridized carbons (Fsp3) is 0.857. The molecule has 0 aromatic carbocycles. The number of aliphatic hydroxyl groups is 1. The topological polar surface area (TPSA) is 118 Å². The van der Waals surface area contributed by atoms with E-state index < -0.39 is 27.3 Å². The van der Waals surface area contributed by atoms with E-state index in [9.17, 15) is 18.3 Å². The zero-order valence-corrected chi connectivity index (χ0v) is 8.33. The molecule has 6 nitrogen and oxygen atoms in total. The predicted octanol–water partition coefficient (Wildman–Crippen LogP) is -1.80. The fourth-order valence-electron chi connectivity index (χ4n) is 1.69. The summed E-state index contributed by atoms with van der Waals surface area (Å²) in [7, 11) is -3.25. The maximum atomic E-state index is 11.2. The Morgan fingerprint density at radius 2 is 2.14 bits per heavy atom. The van der Waals surface area contributed by atoms with Crippen molar-refractivity contribution in [2.45, 2.75) is 12.5 Å². The van der Waals surface area contributed by atoms with Crippen LogP contribution in [-0.4, -0.2) is 48.8 Å². The molecule has 0 aliphatic carbocycles. The van der Waals surface area contributed by atoms with E-state index in [0.717, 1.165) is 0 Å². The molecule has 0 radical (unpaired) electrons. The molecule has 0 saturated carbocycles. The molecule has 14 heavy (non-hydrogen) atoms. The Hall–Kier alpha value is -0.660. The molecular weight excluding hydrogens is 210 g/mol. The Morgan fingerprint density at radius 1 is 1.57 bits per heavy atom. The smallest absolute Gasteiger partial charge is 0.333 e. The lowest BCUT2D eigenvalue weighted by molar-refractivity contribution is -0.153. The lowest BCUT2D eigenvalue weighted by Crippen LogP contribution is -2.47. The Balaban J connectivity index is 2.96. The number of carboxylic acid groups (broad SMARTS) is 1. The first-order chi connectivity index (χ1) is 6.33. The number of carbonyl (C=O) groups is 1. The van der Waals surface area contributed by atoms with Crippen LogP contribution in [0.2, 0.25) is 0 Å². The van der Waals surface area contributed by atoms with Crippen LogP contribution in [0.3, 0.4) is 0 Å². The first kappa shape index (κ1) is 11.4. The van der Waals surface area contributed by atoms with E-state index in [1.54, 1.807) is 0 Å². The Labute approximate surface area is 81.6 Å². The Morgan fingerprint density at radius 3 is 2.43 bits per heavy atom. The standard InChI is InChI=1S/C7H13NO5S/c8-3-7(5(9)6(10)11)1-2-14(12,13)4-7/h5,9H,1-4,8H2,(H,10,11). The minimum Gasteiger partial charge on any atom is -0.479 e. The van der Waals surface area contributed by atoms with Gasteiger partial charge in [-0.3, -0.25) is 0 Å². The molecule has 0 amide bonds. The van der Waals surface area contributed by atoms with Crippen molar-refractivity contribution in [2.75, 3.05) is 18.1 Å². The van der Waals surface area contributed by atoms with Crippen molar-refractivity contribution >= 4 is 15.8 Å². The van der Waals surface area contributed by atoms with Crippen molar-refractivity contribution < 1.29 is 23.4 Å². The number of nitrogens with two attached hydrogens (primary N) is 1. The van der Waals surface area contributed by atoms with Crippen LogP contribution in [0.4, 0.5) is 0 Å². The number of rotatable bonds is 3. The van der Waals surface area contributed by atoms with E-state index in [0.29, 0.717) is 0 Å². The SMILES string of the molecule is NCC1(C(O)C(=O)O)CCS(=O)(=O)C1. The second-order valence-corrected chi connectivity index (χ2v) is 5.83. The Bertz CT molecular complexity index is 338. The third-order valence-electron chi connectivity index (χ3n) is 2.64. The second-order valence-electron chi connectivity index (χ2n) is 3.65. The van der Waals surface area contributed by atoms with Gasteiger partial charge in [-0.05, 0) is 6.42 Å². The summed E-state index contributed by atoms with van der Waals surface area (Å²) in [5, 5.41) is 18.0. The van der Waals surface area contributed by atoms with Crippen LogP contribution in [0.15, 0.2) is 0 Å². The van der Waals surface area contributed by atoms with Gasteiger partial charge in [0.25, 0.3) is 0 Å². The summed E-state index contributed by atoms with van der Waals surface area (Å²) in [6.07, 6.45) is -1.59. The third kappa shape index (κ3) is 1.89. The van der Waals surface area contributed by atoms with Gasteiger partial charge in [-0.2, -0.15) is 0 Å². The average molecular weight is 223 g/mol. The highest BCUT2D eigenvalue weighted by atomic mass is 32.2. The highest BCUT2D eigenvalue weighted by molar-refractivity contribution is 7.91. The van der Waals surface area contributed by atoms with Gasteiger partial charge in [0.05, 0.1) is 11.5 Å². The summed E-state index contributed by atoms with van der Waals surface area (Å²) in [5.74, 6) is -1.87. The van der Waals surface area contributed by atoms with Crippen molar-refractivity contribution in [2.24, 2.45) is 11.1 Å². The first-order valence-corrected chi connectivity index (χ1v) is 5.96. The zero-order valence-electron chi connectivity index (χ0n) is 7.51. The van der Waals surface area contributed by atoms with Gasteiger partial charge >= 0.3 is 5.97 Å². The molecule has 1 fully saturated rings. The van der Waals surface area contributed by atoms with Gasteiger partial charge in [-0.1, -0.05) is 0 Å². The molecule has 1 aliphatic rings. The van der Waals surface area contributed by atoms with Crippen molar-refractivity contribution in [1.82, 2.24) is 0 Å². The summed E-state index contributed by atoms with van der Waals surface area (Å²) < 4.78 is 22.3. The normalized spacial score (nSPS) is 32.7. The molecule has 7 heteroatoms. The van der Waals surface area contributed by atoms with Crippen molar-refractivity contribution in [1.29, 1.82) is 0 Å². The Kier molecular flexibility index (Phi) is 2.84. The van der Waals surface area contributed by atoms with Gasteiger partial charge in [-0.25, -0.2) is 13.2 Å². The van der Waals surface area contributed by atoms with Crippen molar-refractivity contribution in [3.05, 3.63) is 0 Å². The number of carboxylic acids is 1. The molecular formula is C7H13NO5S. The molecule has 82 valence electrons. The highest BCUT2D eigenvalue weighted by Crippen LogP contribution is 2.34. The molecule has 2 atom stereocenters. The summed E-state index contributed by atoms with van der Waals surface area (Å²) in [6.45, 7) is -0.139. The number of sulfone groups is 1. The first-order valence-electron chi connectivity index (χ1n) is 4.14. The van der Waals surface area contributed by atoms with E-state index in [-0.39, 0.29) is 24.5 Å². The third-order valence-corrected chi connectivity index (χ3v) is 4.48. The van der Waals surface area contributed by atoms with Gasteiger partial charge in [0.2, 0.25) is 0 Å². The molecule has 0 aromatic heterocycles. The van der Waals surface area contributed by atoms with Crippen molar-refractivity contribution in [3.63, 3.8) is 0 Å². The molecule has 2 unspecified atom stereocenters. The van der Waals surface area contributed by atoms with Gasteiger partial charge in [-0.15, -0.1) is 0 Å². The summed E-state index contributed by atoms with van der Waals surface area (Å²) in [5.41, 5.74) is 4.14. The van der Waals surface area contributed by atoms with E-state index in [1.807, 2.05) is 0 Å². The lowest BCUT2D eigenvalue weighted by Gasteiger charge is -2.28. The highest BCUT2D eigenvalue weighted by Gasteiger charge is 2.49. The second kappa shape index (κ2) is 3.48. The number of aliphatic hydroxyl groups excluding tert-OH is 1. The molecule has 1 saturated heterocycles. The minimum absolute atomic E-state index is 0.103. The quantitative estimate of drug-likeness (QED) is 0.519. The average Bonchev–Trinajstić information content (AvgIpc) is 2.41. The number of hydrogen-bond donors (Lipinski definition) is 3. The summed E-state index contributed by atoms with van der Waals surface area (Å²) >= 11 is 0. The van der Waals surface area contributed by atoms with Gasteiger partial charge in [0.15, 0.2) is 15.9 Å². The van der Waals surface area contributed by atoms with E-state index in [2.05, 4.69) is 0 Å². The van der Waals surface area contributed by atoms with Crippen LogP contribution in [0.5, 0.6) is 0 Å². The molecule has 1 heterocycles. The van der Waals surface area contributed by atoms with E-state index in [1.165, 1.54) is 0 Å². The van der Waals surface area contributed by atoms with Crippen LogP contribution < -0.4 is 5.73 Å². The molecule has 1 aliphatic heterocycles. The molecule has 4 N–H and O–H groups in total. The zero-order chi connectivity index (χ0) is 11.0. The van der Waals surface area contributed by atoms with Gasteiger partial charge in [0, 0.05) is 12.0 Å². The lowest BCUT2D eigenvalue weighted by atomic mass is 9.81. The molecule has 0 aromatic rings. The number of hydrogen-bond acceptors (Lipinski definition) is 5. The fourth-order valence-corrected chi connectivity index (χ4v) is 3.85. The largest absolute Gasteiger partial charge is 0.479 e. The predicted molar refractivity (Wildman–Crippen MR) is 48.4 cm³/mol. The van der Waals surface area contributed by atoms with Crippen LogP contribution in [0.25, 0.3) is 0 Å². The van der Waals surface area contributed by atoms with Crippen LogP contribution in [0, 0.1) is 5.41 Å². The monoisotopic (exact) mass is 223 g/mol. The van der Waals surface area contributed by atoms with Gasteiger partial charge in [0.1, 0.15) is 0 Å². The summed E-state index contributed by atoms with van der Waals surface area (Å²) in [4.78, 5) is 10.6. The van der Waals surface area contributed by atoms with Crippen molar-refractivity contribution in [3.8, 4) is 0 Å². The van der Waals surface area contributed by atoms with Gasteiger partial charge < -0.3 is 15.9 Å². The maximum absolute atomic E-state index is 11.2. The maximum Gasteiger partial charge on any atom is 0.333 e. The number of aliphatic carboxylic acids is 1.